The van der Waals surface area contributed by atoms with E-state index >= 15 is 0 Å². The normalized spacial score (nSPS) is 17.4. The van der Waals surface area contributed by atoms with Gasteiger partial charge < -0.3 is 4.90 Å². The number of halogens is 2. The van der Waals surface area contributed by atoms with Crippen molar-refractivity contribution >= 4 is 44.8 Å². The molecule has 0 radical (unpaired) electrons. The Morgan fingerprint density at radius 3 is 2.39 bits per heavy atom. The van der Waals surface area contributed by atoms with Gasteiger partial charge in [-0.1, -0.05) is 48.3 Å². The third-order valence-corrected chi connectivity index (χ3v) is 6.98. The lowest BCUT2D eigenvalue weighted by Crippen LogP contribution is -2.46. The fourth-order valence-corrected chi connectivity index (χ4v) is 5.29. The number of anilines is 1. The Kier molecular flexibility index (Phi) is 6.53. The molecule has 28 heavy (non-hydrogen) atoms. The van der Waals surface area contributed by atoms with Gasteiger partial charge in [0, 0.05) is 23.1 Å². The first kappa shape index (κ1) is 21.0. The number of rotatable bonds is 5. The van der Waals surface area contributed by atoms with Gasteiger partial charge in [0.05, 0.1) is 10.6 Å². The molecule has 1 aliphatic rings. The summed E-state index contributed by atoms with van der Waals surface area (Å²) in [4.78, 5) is 14.8. The van der Waals surface area contributed by atoms with Crippen molar-refractivity contribution in [2.45, 2.75) is 24.7 Å². The van der Waals surface area contributed by atoms with Crippen LogP contribution in [-0.4, -0.2) is 38.9 Å². The summed E-state index contributed by atoms with van der Waals surface area (Å²) in [5.74, 6) is 0.166. The van der Waals surface area contributed by atoms with Crippen molar-refractivity contribution in [1.82, 2.24) is 4.90 Å². The number of nitrogens with zero attached hydrogens (tertiary/aromatic N) is 2. The number of likely N-dealkylation sites (tertiary alicyclic amines) is 1. The Morgan fingerprint density at radius 2 is 1.79 bits per heavy atom. The van der Waals surface area contributed by atoms with E-state index in [2.05, 4.69) is 6.92 Å². The molecule has 0 spiro atoms. The minimum Gasteiger partial charge on any atom is -0.341 e. The summed E-state index contributed by atoms with van der Waals surface area (Å²) in [6.45, 7) is 3.06. The second-order valence-electron chi connectivity index (χ2n) is 7.04. The van der Waals surface area contributed by atoms with E-state index < -0.39 is 10.0 Å². The zero-order chi connectivity index (χ0) is 20.3. The molecule has 2 aromatic carbocycles. The molecule has 0 unspecified atom stereocenters. The van der Waals surface area contributed by atoms with Gasteiger partial charge in [0.1, 0.15) is 6.54 Å². The smallest absolute Gasteiger partial charge is 0.264 e. The lowest BCUT2D eigenvalue weighted by molar-refractivity contribution is -0.131. The largest absolute Gasteiger partial charge is 0.341 e. The number of piperidine rings is 1. The van der Waals surface area contributed by atoms with E-state index in [1.165, 1.54) is 30.3 Å². The predicted octanol–water partition coefficient (Wildman–Crippen LogP) is 4.45. The third kappa shape index (κ3) is 4.80. The number of benzene rings is 2. The van der Waals surface area contributed by atoms with Crippen LogP contribution >= 0.6 is 23.2 Å². The Bertz CT molecular complexity index is 931. The Labute approximate surface area is 175 Å². The highest BCUT2D eigenvalue weighted by Gasteiger charge is 2.30. The van der Waals surface area contributed by atoms with E-state index in [4.69, 9.17) is 23.2 Å². The van der Waals surface area contributed by atoms with Crippen LogP contribution in [0.25, 0.3) is 0 Å². The van der Waals surface area contributed by atoms with E-state index in [0.717, 1.165) is 17.1 Å². The number of carbonyl (C=O) groups is 1. The van der Waals surface area contributed by atoms with Gasteiger partial charge in [0.2, 0.25) is 5.91 Å². The van der Waals surface area contributed by atoms with Crippen molar-refractivity contribution in [1.29, 1.82) is 0 Å². The quantitative estimate of drug-likeness (QED) is 0.689. The lowest BCUT2D eigenvalue weighted by atomic mass is 10.0. The molecule has 0 N–H and O–H groups in total. The summed E-state index contributed by atoms with van der Waals surface area (Å²) in [6, 6.07) is 12.5. The van der Waals surface area contributed by atoms with Crippen LogP contribution in [0.4, 0.5) is 5.69 Å². The Morgan fingerprint density at radius 1 is 1.14 bits per heavy atom. The maximum Gasteiger partial charge on any atom is 0.264 e. The van der Waals surface area contributed by atoms with E-state index in [-0.39, 0.29) is 23.0 Å². The van der Waals surface area contributed by atoms with E-state index in [9.17, 15) is 13.2 Å². The van der Waals surface area contributed by atoms with Crippen LogP contribution in [-0.2, 0) is 14.8 Å². The zero-order valence-electron chi connectivity index (χ0n) is 15.5. The third-order valence-electron chi connectivity index (χ3n) is 4.76. The van der Waals surface area contributed by atoms with Crippen LogP contribution in [0.5, 0.6) is 0 Å². The highest BCUT2D eigenvalue weighted by molar-refractivity contribution is 7.92. The van der Waals surface area contributed by atoms with Crippen LogP contribution < -0.4 is 4.31 Å². The fourth-order valence-electron chi connectivity index (χ4n) is 3.36. The van der Waals surface area contributed by atoms with Crippen LogP contribution in [0.3, 0.4) is 0 Å². The first-order valence-electron chi connectivity index (χ1n) is 9.09. The summed E-state index contributed by atoms with van der Waals surface area (Å²) in [7, 11) is -3.97. The molecule has 5 nitrogen and oxygen atoms in total. The number of hydrogen-bond acceptors (Lipinski definition) is 3. The van der Waals surface area contributed by atoms with Crippen molar-refractivity contribution < 1.29 is 13.2 Å². The van der Waals surface area contributed by atoms with Crippen molar-refractivity contribution in [3.05, 3.63) is 58.6 Å². The lowest BCUT2D eigenvalue weighted by Gasteiger charge is -2.33. The van der Waals surface area contributed by atoms with Gasteiger partial charge in [-0.15, -0.1) is 0 Å². The molecule has 2 aromatic rings. The molecule has 3 rings (SSSR count). The van der Waals surface area contributed by atoms with Crippen molar-refractivity contribution in [3.8, 4) is 0 Å². The zero-order valence-corrected chi connectivity index (χ0v) is 17.8. The summed E-state index contributed by atoms with van der Waals surface area (Å²) < 4.78 is 27.7. The molecule has 0 saturated carbocycles. The SMILES string of the molecule is C[C@@H]1CCCN(C(=O)CN(c2cc(Cl)cc(Cl)c2)S(=O)(=O)c2ccccc2)C1. The van der Waals surface area contributed by atoms with Crippen LogP contribution in [0, 0.1) is 5.92 Å². The van der Waals surface area contributed by atoms with E-state index in [0.29, 0.717) is 29.1 Å². The molecule has 0 aliphatic carbocycles. The molecule has 1 saturated heterocycles. The highest BCUT2D eigenvalue weighted by atomic mass is 35.5. The monoisotopic (exact) mass is 440 g/mol. The van der Waals surface area contributed by atoms with Gasteiger partial charge >= 0.3 is 0 Å². The number of sulfonamides is 1. The minimum absolute atomic E-state index is 0.103. The summed E-state index contributed by atoms with van der Waals surface area (Å²) >= 11 is 12.2. The molecule has 0 bridgehead atoms. The van der Waals surface area contributed by atoms with Gasteiger partial charge in [-0.3, -0.25) is 9.10 Å². The average Bonchev–Trinajstić information content (AvgIpc) is 2.65. The number of carbonyl (C=O) groups excluding carboxylic acids is 1. The Balaban J connectivity index is 1.98. The fraction of sp³-hybridized carbons (Fsp3) is 0.350. The van der Waals surface area contributed by atoms with Gasteiger partial charge in [0.25, 0.3) is 10.0 Å². The van der Waals surface area contributed by atoms with Gasteiger partial charge in [-0.2, -0.15) is 0 Å². The summed E-state index contributed by atoms with van der Waals surface area (Å²) in [5, 5.41) is 0.601. The predicted molar refractivity (Wildman–Crippen MR) is 112 cm³/mol. The maximum atomic E-state index is 13.3. The first-order chi connectivity index (χ1) is 13.3. The molecule has 1 heterocycles. The average molecular weight is 441 g/mol. The molecule has 1 amide bonds. The van der Waals surface area contributed by atoms with Crippen molar-refractivity contribution in [2.24, 2.45) is 5.92 Å². The molecular weight excluding hydrogens is 419 g/mol. The maximum absolute atomic E-state index is 13.3. The molecule has 1 atom stereocenters. The second kappa shape index (κ2) is 8.72. The standard InChI is InChI=1S/C20H22Cl2N2O3S/c1-15-6-5-9-23(13-15)20(25)14-24(18-11-16(21)10-17(22)12-18)28(26,27)19-7-3-2-4-8-19/h2-4,7-8,10-12,15H,5-6,9,13-14H2,1H3/t15-/m1/s1. The van der Waals surface area contributed by atoms with Crippen molar-refractivity contribution in [2.75, 3.05) is 23.9 Å². The van der Waals surface area contributed by atoms with Gasteiger partial charge in [-0.25, -0.2) is 8.42 Å². The van der Waals surface area contributed by atoms with Crippen LogP contribution in [0.15, 0.2) is 53.4 Å². The first-order valence-corrected chi connectivity index (χ1v) is 11.3. The van der Waals surface area contributed by atoms with E-state index in [1.54, 1.807) is 23.1 Å². The van der Waals surface area contributed by atoms with Crippen LogP contribution in [0.2, 0.25) is 10.0 Å². The topological polar surface area (TPSA) is 57.7 Å². The molecule has 150 valence electrons. The number of hydrogen-bond donors (Lipinski definition) is 0. The Hall–Kier alpha value is -1.76. The van der Waals surface area contributed by atoms with E-state index in [1.807, 2.05) is 0 Å². The molecular formula is C20H22Cl2N2O3S. The molecule has 0 aromatic heterocycles. The number of amides is 1. The van der Waals surface area contributed by atoms with Crippen LogP contribution in [0.1, 0.15) is 19.8 Å². The van der Waals surface area contributed by atoms with Crippen molar-refractivity contribution in [3.63, 3.8) is 0 Å². The molecule has 8 heteroatoms. The summed E-state index contributed by atoms with van der Waals surface area (Å²) in [6.07, 6.45) is 1.99. The second-order valence-corrected chi connectivity index (χ2v) is 9.77. The summed E-state index contributed by atoms with van der Waals surface area (Å²) in [5.41, 5.74) is 0.264. The van der Waals surface area contributed by atoms with Gasteiger partial charge in [-0.05, 0) is 49.1 Å². The minimum atomic E-state index is -3.97. The highest BCUT2D eigenvalue weighted by Crippen LogP contribution is 2.30. The molecule has 1 fully saturated rings. The van der Waals surface area contributed by atoms with Gasteiger partial charge in [0.15, 0.2) is 0 Å². The molecule has 1 aliphatic heterocycles.